The van der Waals surface area contributed by atoms with E-state index in [1.807, 2.05) is 12.1 Å². The van der Waals surface area contributed by atoms with Crippen LogP contribution in [-0.4, -0.2) is 36.7 Å². The fourth-order valence-corrected chi connectivity index (χ4v) is 5.70. The number of halogens is 1. The molecule has 5 heteroatoms. The Labute approximate surface area is 204 Å². The Morgan fingerprint density at radius 2 is 1.58 bits per heavy atom. The minimum atomic E-state index is -0.910. The first-order chi connectivity index (χ1) is 15.9. The fraction of sp³-hybridized carbons (Fsp3) is 0.536. The van der Waals surface area contributed by atoms with Crippen molar-refractivity contribution in [2.45, 2.75) is 63.3 Å². The number of benzene rings is 2. The lowest BCUT2D eigenvalue weighted by Crippen LogP contribution is -2.34. The molecule has 2 fully saturated rings. The normalized spacial score (nSPS) is 21.8. The highest BCUT2D eigenvalue weighted by Crippen LogP contribution is 2.39. The van der Waals surface area contributed by atoms with Gasteiger partial charge in [-0.05, 0) is 93.6 Å². The summed E-state index contributed by atoms with van der Waals surface area (Å²) < 4.78 is 0. The lowest BCUT2D eigenvalue weighted by atomic mass is 9.76. The van der Waals surface area contributed by atoms with Gasteiger partial charge >= 0.3 is 6.09 Å². The van der Waals surface area contributed by atoms with Crippen molar-refractivity contribution in [1.82, 2.24) is 10.2 Å². The third-order valence-corrected chi connectivity index (χ3v) is 7.53. The molecule has 1 unspecified atom stereocenters. The van der Waals surface area contributed by atoms with Crippen molar-refractivity contribution in [3.05, 3.63) is 70.7 Å². The maximum atomic E-state index is 10.6. The van der Waals surface area contributed by atoms with E-state index in [2.05, 4.69) is 66.8 Å². The van der Waals surface area contributed by atoms with Crippen molar-refractivity contribution >= 4 is 17.7 Å². The van der Waals surface area contributed by atoms with Gasteiger partial charge in [0.05, 0.1) is 0 Å². The molecule has 2 aliphatic rings. The molecule has 2 N–H and O–H groups in total. The number of hydrogen-bond acceptors (Lipinski definition) is 2. The lowest BCUT2D eigenvalue weighted by Gasteiger charge is -2.37. The quantitative estimate of drug-likeness (QED) is 0.463. The van der Waals surface area contributed by atoms with E-state index >= 15 is 0 Å². The van der Waals surface area contributed by atoms with Crippen LogP contribution in [0.25, 0.3) is 0 Å². The summed E-state index contributed by atoms with van der Waals surface area (Å²) in [6.07, 6.45) is 9.18. The standard InChI is InChI=1S/C17H26N2O2.C11H13Cl/c1-19(2)16(14-6-4-3-5-7-14)15-10-8-13(9-11-15)12-18-17(20)21;12-11-7-5-10(6-8-11)9-3-1-2-4-9/h3-7,13,15-16,18H,8-12H2,1-2H3,(H,20,21);5-9H,1-4H2. The minimum absolute atomic E-state index is 0.458. The number of carbonyl (C=O) groups is 1. The second-order valence-corrected chi connectivity index (χ2v) is 10.3. The Bertz CT molecular complexity index is 827. The Morgan fingerprint density at radius 1 is 0.970 bits per heavy atom. The van der Waals surface area contributed by atoms with Crippen molar-refractivity contribution in [2.75, 3.05) is 20.6 Å². The van der Waals surface area contributed by atoms with E-state index in [9.17, 15) is 4.79 Å². The molecule has 0 radical (unpaired) electrons. The number of amides is 1. The average molecular weight is 471 g/mol. The zero-order valence-electron chi connectivity index (χ0n) is 20.1. The SMILES string of the molecule is CN(C)C(c1ccccc1)C1CCC(CNC(=O)O)CC1.Clc1ccc(C2CCCC2)cc1. The van der Waals surface area contributed by atoms with Crippen LogP contribution in [-0.2, 0) is 0 Å². The van der Waals surface area contributed by atoms with Crippen LogP contribution in [0.15, 0.2) is 54.6 Å². The van der Waals surface area contributed by atoms with Gasteiger partial charge in [0, 0.05) is 17.6 Å². The Morgan fingerprint density at radius 3 is 2.12 bits per heavy atom. The van der Waals surface area contributed by atoms with Gasteiger partial charge in [0.15, 0.2) is 0 Å². The fourth-order valence-electron chi connectivity index (χ4n) is 5.58. The summed E-state index contributed by atoms with van der Waals surface area (Å²) in [5.41, 5.74) is 2.85. The van der Waals surface area contributed by atoms with Crippen LogP contribution in [0.1, 0.15) is 74.5 Å². The smallest absolute Gasteiger partial charge is 0.404 e. The number of hydrogen-bond donors (Lipinski definition) is 2. The number of nitrogens with one attached hydrogen (secondary N) is 1. The van der Waals surface area contributed by atoms with Crippen molar-refractivity contribution in [3.8, 4) is 0 Å². The number of nitrogens with zero attached hydrogens (tertiary/aromatic N) is 1. The number of rotatable bonds is 6. The van der Waals surface area contributed by atoms with E-state index in [4.69, 9.17) is 16.7 Å². The van der Waals surface area contributed by atoms with E-state index in [0.717, 1.165) is 23.8 Å². The average Bonchev–Trinajstić information content (AvgIpc) is 3.35. The van der Waals surface area contributed by atoms with Crippen LogP contribution in [0, 0.1) is 11.8 Å². The van der Waals surface area contributed by atoms with Gasteiger partial charge in [-0.25, -0.2) is 4.79 Å². The number of carboxylic acid groups (broad SMARTS) is 1. The molecule has 4 rings (SSSR count). The summed E-state index contributed by atoms with van der Waals surface area (Å²) in [7, 11) is 4.30. The summed E-state index contributed by atoms with van der Waals surface area (Å²) in [6, 6.07) is 19.5. The third kappa shape index (κ3) is 8.04. The van der Waals surface area contributed by atoms with Crippen molar-refractivity contribution < 1.29 is 9.90 Å². The van der Waals surface area contributed by atoms with Crippen molar-refractivity contribution in [1.29, 1.82) is 0 Å². The molecule has 2 aromatic carbocycles. The van der Waals surface area contributed by atoms with Crippen LogP contribution >= 0.6 is 11.6 Å². The topological polar surface area (TPSA) is 52.6 Å². The predicted molar refractivity (Wildman–Crippen MR) is 137 cm³/mol. The molecule has 0 aliphatic heterocycles. The molecule has 0 bridgehead atoms. The largest absolute Gasteiger partial charge is 0.465 e. The third-order valence-electron chi connectivity index (χ3n) is 7.27. The van der Waals surface area contributed by atoms with Gasteiger partial charge in [-0.2, -0.15) is 0 Å². The van der Waals surface area contributed by atoms with E-state index in [1.54, 1.807) is 0 Å². The molecule has 1 atom stereocenters. The van der Waals surface area contributed by atoms with Gasteiger partial charge in [0.1, 0.15) is 0 Å². The van der Waals surface area contributed by atoms with Gasteiger partial charge in [-0.1, -0.05) is 66.9 Å². The Hall–Kier alpha value is -2.04. The molecule has 0 saturated heterocycles. The highest BCUT2D eigenvalue weighted by molar-refractivity contribution is 6.30. The summed E-state index contributed by atoms with van der Waals surface area (Å²) >= 11 is 5.82. The van der Waals surface area contributed by atoms with E-state index < -0.39 is 6.09 Å². The first-order valence-corrected chi connectivity index (χ1v) is 12.8. The van der Waals surface area contributed by atoms with Gasteiger partial charge in [-0.3, -0.25) is 0 Å². The molecule has 1 amide bonds. The van der Waals surface area contributed by atoms with Crippen LogP contribution in [0.4, 0.5) is 4.79 Å². The second-order valence-electron chi connectivity index (χ2n) is 9.82. The summed E-state index contributed by atoms with van der Waals surface area (Å²) in [6.45, 7) is 0.597. The van der Waals surface area contributed by atoms with Crippen LogP contribution in [0.2, 0.25) is 5.02 Å². The maximum Gasteiger partial charge on any atom is 0.404 e. The zero-order chi connectivity index (χ0) is 23.6. The van der Waals surface area contributed by atoms with Gasteiger partial charge in [0.25, 0.3) is 0 Å². The highest BCUT2D eigenvalue weighted by Gasteiger charge is 2.29. The molecule has 0 heterocycles. The molecule has 180 valence electrons. The van der Waals surface area contributed by atoms with Gasteiger partial charge in [0.2, 0.25) is 0 Å². The van der Waals surface area contributed by atoms with Crippen molar-refractivity contribution in [2.24, 2.45) is 11.8 Å². The Balaban J connectivity index is 0.000000215. The van der Waals surface area contributed by atoms with E-state index in [1.165, 1.54) is 49.7 Å². The van der Waals surface area contributed by atoms with Crippen LogP contribution in [0.3, 0.4) is 0 Å². The van der Waals surface area contributed by atoms with Gasteiger partial charge < -0.3 is 15.3 Å². The molecule has 33 heavy (non-hydrogen) atoms. The highest BCUT2D eigenvalue weighted by atomic mass is 35.5. The van der Waals surface area contributed by atoms with Gasteiger partial charge in [-0.15, -0.1) is 0 Å². The Kier molecular flexibility index (Phi) is 10.1. The molecule has 2 aromatic rings. The summed E-state index contributed by atoms with van der Waals surface area (Å²) in [4.78, 5) is 12.9. The monoisotopic (exact) mass is 470 g/mol. The first kappa shape index (κ1) is 25.6. The first-order valence-electron chi connectivity index (χ1n) is 12.4. The summed E-state index contributed by atoms with van der Waals surface area (Å²) in [5, 5.41) is 12.1. The van der Waals surface area contributed by atoms with Crippen LogP contribution < -0.4 is 5.32 Å². The molecule has 2 aliphatic carbocycles. The van der Waals surface area contributed by atoms with E-state index in [0.29, 0.717) is 24.4 Å². The molecule has 2 saturated carbocycles. The molecular weight excluding hydrogens is 432 g/mol. The maximum absolute atomic E-state index is 10.6. The molecule has 0 spiro atoms. The zero-order valence-corrected chi connectivity index (χ0v) is 20.8. The predicted octanol–water partition coefficient (Wildman–Crippen LogP) is 7.36. The molecule has 0 aromatic heterocycles. The molecule has 4 nitrogen and oxygen atoms in total. The minimum Gasteiger partial charge on any atom is -0.465 e. The van der Waals surface area contributed by atoms with E-state index in [-0.39, 0.29) is 0 Å². The van der Waals surface area contributed by atoms with Crippen LogP contribution in [0.5, 0.6) is 0 Å². The second kappa shape index (κ2) is 13.0. The lowest BCUT2D eigenvalue weighted by molar-refractivity contribution is 0.146. The molecular formula is C28H39ClN2O2. The van der Waals surface area contributed by atoms with Crippen molar-refractivity contribution in [3.63, 3.8) is 0 Å². The summed E-state index contributed by atoms with van der Waals surface area (Å²) in [5.74, 6) is 1.96.